The Labute approximate surface area is 323 Å². The van der Waals surface area contributed by atoms with E-state index in [2.05, 4.69) is 24.1 Å². The van der Waals surface area contributed by atoms with Gasteiger partial charge in [0.15, 0.2) is 22.7 Å². The van der Waals surface area contributed by atoms with E-state index in [1.807, 2.05) is 26.0 Å². The van der Waals surface area contributed by atoms with Crippen LogP contribution in [0.2, 0.25) is 10.0 Å². The number of benzene rings is 2. The van der Waals surface area contributed by atoms with Crippen LogP contribution >= 0.6 is 23.2 Å². The minimum atomic E-state index is -1.02. The van der Waals surface area contributed by atoms with Crippen LogP contribution in [0.4, 0.5) is 0 Å². The molecule has 14 heteroatoms. The smallest absolute Gasteiger partial charge is 0.320 e. The molecule has 0 bridgehead atoms. The fourth-order valence-corrected chi connectivity index (χ4v) is 7.12. The molecule has 5 atom stereocenters. The zero-order chi connectivity index (χ0) is 39.3. The number of likely N-dealkylation sites (N-methyl/N-ethyl adjacent to an activating group) is 1. The summed E-state index contributed by atoms with van der Waals surface area (Å²) in [7, 11) is 0. The summed E-state index contributed by atoms with van der Waals surface area (Å²) in [5, 5.41) is 13.9. The summed E-state index contributed by atoms with van der Waals surface area (Å²) in [6.45, 7) is 11.2. The van der Waals surface area contributed by atoms with Crippen LogP contribution < -0.4 is 11.1 Å². The predicted molar refractivity (Wildman–Crippen MR) is 205 cm³/mol. The molecule has 2 aromatic carbocycles. The van der Waals surface area contributed by atoms with E-state index in [0.29, 0.717) is 77.6 Å². The third-order valence-electron chi connectivity index (χ3n) is 9.96. The van der Waals surface area contributed by atoms with Gasteiger partial charge in [-0.2, -0.15) is 0 Å². The van der Waals surface area contributed by atoms with Crippen molar-refractivity contribution in [1.29, 1.82) is 0 Å². The number of furan rings is 2. The number of aliphatic carboxylic acids is 1. The first-order valence-electron chi connectivity index (χ1n) is 18.3. The predicted octanol–water partition coefficient (Wildman–Crippen LogP) is 7.01. The zero-order valence-corrected chi connectivity index (χ0v) is 32.4. The lowest BCUT2D eigenvalue weighted by molar-refractivity contribution is -0.146. The zero-order valence-electron chi connectivity index (χ0n) is 30.9. The Balaban J connectivity index is 0.000000208. The Morgan fingerprint density at radius 3 is 1.87 bits per heavy atom. The van der Waals surface area contributed by atoms with Crippen LogP contribution in [0.15, 0.2) is 45.2 Å². The third kappa shape index (κ3) is 10.1. The first kappa shape index (κ1) is 40.9. The molecule has 0 saturated heterocycles. The first-order valence-corrected chi connectivity index (χ1v) is 19.1. The van der Waals surface area contributed by atoms with Gasteiger partial charge in [-0.3, -0.25) is 24.0 Å². The number of carbonyl (C=O) groups is 5. The van der Waals surface area contributed by atoms with Gasteiger partial charge in [-0.1, -0.05) is 37.0 Å². The Hall–Kier alpha value is -4.23. The van der Waals surface area contributed by atoms with Gasteiger partial charge in [0, 0.05) is 52.7 Å². The number of amides is 1. The summed E-state index contributed by atoms with van der Waals surface area (Å²) in [5.41, 5.74) is 7.58. The summed E-state index contributed by atoms with van der Waals surface area (Å²) < 4.78 is 16.4. The highest BCUT2D eigenvalue weighted by molar-refractivity contribution is 6.36. The number of carboxylic acids is 1. The lowest BCUT2D eigenvalue weighted by atomic mass is 10.0. The molecule has 2 aromatic heterocycles. The van der Waals surface area contributed by atoms with Gasteiger partial charge in [0.25, 0.3) is 0 Å². The number of nitrogens with zero attached hydrogens (tertiary/aromatic N) is 1. The topological polar surface area (TPSA) is 182 Å². The molecule has 2 heterocycles. The maximum atomic E-state index is 12.7. The van der Waals surface area contributed by atoms with Crippen LogP contribution in [0.3, 0.4) is 0 Å². The van der Waals surface area contributed by atoms with E-state index in [1.165, 1.54) is 0 Å². The van der Waals surface area contributed by atoms with E-state index in [-0.39, 0.29) is 47.1 Å². The van der Waals surface area contributed by atoms with Crippen molar-refractivity contribution in [1.82, 2.24) is 10.2 Å². The number of aryl methyl sites for hydroxylation is 2. The summed E-state index contributed by atoms with van der Waals surface area (Å²) in [4.78, 5) is 62.6. The molecule has 290 valence electrons. The van der Waals surface area contributed by atoms with Gasteiger partial charge < -0.3 is 34.6 Å². The summed E-state index contributed by atoms with van der Waals surface area (Å²) in [5.74, 6) is -1.43. The van der Waals surface area contributed by atoms with E-state index in [4.69, 9.17) is 47.6 Å². The van der Waals surface area contributed by atoms with Crippen LogP contribution in [-0.4, -0.2) is 78.2 Å². The Kier molecular flexibility index (Phi) is 13.6. The molecule has 0 spiro atoms. The van der Waals surface area contributed by atoms with Gasteiger partial charge in [-0.15, -0.1) is 0 Å². The van der Waals surface area contributed by atoms with Gasteiger partial charge in [-0.25, -0.2) is 0 Å². The molecule has 4 N–H and O–H groups in total. The number of carboxylic acid groups (broad SMARTS) is 1. The third-order valence-corrected chi connectivity index (χ3v) is 10.5. The standard InChI is InChI=1S/C20H23ClN2O5.C20H24ClNO4/c1-10-6-12-7-11(8-15(21)18(12)28-10)17(24)13-9-14(13)19(25)23-5-3-2-4-16(22)20(26)27;1-4-22(5-2)6-7-25-20(24)16-11-15(16)18(23)13-9-14-8-12(3)26-19(14)17(21)10-13/h6-8,13-14,16H,2-5,9,22H2,1H3,(H,23,25)(H,26,27);8-10,15-16H,4-7,11H2,1-3H3/t13-,14-,16?;15-,16-/m00/s1. The number of nitrogens with two attached hydrogens (primary N) is 1. The molecule has 12 nitrogen and oxygen atoms in total. The quantitative estimate of drug-likeness (QED) is 0.0569. The SMILES string of the molecule is CCN(CC)CCOC(=O)[C@H]1C[C@@H]1C(=O)c1cc(Cl)c2oc(C)cc2c1.Cc1cc2cc(C(=O)[C@H]3C[C@@H]3C(=O)NCCCCC(N)C(=O)O)cc(Cl)c2o1. The first-order chi connectivity index (χ1) is 25.7. The van der Waals surface area contributed by atoms with E-state index in [9.17, 15) is 24.0 Å². The number of unbranched alkanes of at least 4 members (excludes halogenated alkanes) is 1. The van der Waals surface area contributed by atoms with E-state index in [1.54, 1.807) is 24.3 Å². The van der Waals surface area contributed by atoms with Gasteiger partial charge in [0.2, 0.25) is 5.91 Å². The van der Waals surface area contributed by atoms with Crippen LogP contribution in [0.25, 0.3) is 21.9 Å². The number of ether oxygens (including phenoxy) is 1. The fourth-order valence-electron chi connectivity index (χ4n) is 6.59. The number of halogens is 2. The van der Waals surface area contributed by atoms with E-state index >= 15 is 0 Å². The molecule has 2 aliphatic carbocycles. The highest BCUT2D eigenvalue weighted by Gasteiger charge is 2.49. The minimum absolute atomic E-state index is 0.0571. The second kappa shape index (κ2) is 17.9. The second-order valence-corrected chi connectivity index (χ2v) is 14.8. The molecule has 0 aliphatic heterocycles. The summed E-state index contributed by atoms with van der Waals surface area (Å²) >= 11 is 12.4. The van der Waals surface area contributed by atoms with Crippen LogP contribution in [0.1, 0.15) is 78.2 Å². The lowest BCUT2D eigenvalue weighted by Gasteiger charge is -2.17. The van der Waals surface area contributed by atoms with Crippen molar-refractivity contribution >= 4 is 74.6 Å². The van der Waals surface area contributed by atoms with Gasteiger partial charge in [-0.05, 0) is 95.4 Å². The van der Waals surface area contributed by atoms with Crippen molar-refractivity contribution in [3.8, 4) is 0 Å². The molecular weight excluding hydrogens is 737 g/mol. The largest absolute Gasteiger partial charge is 0.480 e. The van der Waals surface area contributed by atoms with Crippen molar-refractivity contribution in [3.63, 3.8) is 0 Å². The van der Waals surface area contributed by atoms with E-state index < -0.39 is 12.0 Å². The average molecular weight is 785 g/mol. The fraction of sp³-hybridized carbons (Fsp3) is 0.475. The highest BCUT2D eigenvalue weighted by atomic mass is 35.5. The molecule has 2 fully saturated rings. The Morgan fingerprint density at radius 2 is 1.35 bits per heavy atom. The second-order valence-electron chi connectivity index (χ2n) is 14.0. The number of nitrogens with one attached hydrogen (secondary N) is 1. The highest BCUT2D eigenvalue weighted by Crippen LogP contribution is 2.44. The molecule has 2 aliphatic rings. The maximum Gasteiger partial charge on any atom is 0.320 e. The molecule has 4 aromatic rings. The molecule has 1 unspecified atom stereocenters. The van der Waals surface area contributed by atoms with Crippen molar-refractivity contribution < 1.29 is 42.7 Å². The average Bonchev–Trinajstić information content (AvgIpc) is 4.04. The number of hydrogen-bond acceptors (Lipinski definition) is 10. The minimum Gasteiger partial charge on any atom is -0.480 e. The molecular formula is C40H47Cl2N3O9. The lowest BCUT2D eigenvalue weighted by Crippen LogP contribution is -2.30. The number of hydrogen-bond donors (Lipinski definition) is 3. The molecule has 6 rings (SSSR count). The molecule has 1 amide bonds. The summed E-state index contributed by atoms with van der Waals surface area (Å²) in [6.07, 6.45) is 2.69. The van der Waals surface area contributed by atoms with Crippen molar-refractivity contribution in [3.05, 3.63) is 69.1 Å². The van der Waals surface area contributed by atoms with Crippen LogP contribution in [0, 0.1) is 37.5 Å². The molecule has 54 heavy (non-hydrogen) atoms. The van der Waals surface area contributed by atoms with Gasteiger partial charge >= 0.3 is 11.9 Å². The van der Waals surface area contributed by atoms with Crippen LogP contribution in [-0.2, 0) is 19.1 Å². The number of ketones is 2. The van der Waals surface area contributed by atoms with Crippen molar-refractivity contribution in [2.24, 2.45) is 29.4 Å². The number of carbonyl (C=O) groups excluding carboxylic acids is 4. The number of Topliss-reactive ketones (excluding diaryl/α,β-unsaturated/α-hetero) is 2. The number of fused-ring (bicyclic) bond motifs is 2. The Bertz CT molecular complexity index is 2040. The summed E-state index contributed by atoms with van der Waals surface area (Å²) in [6, 6.07) is 9.55. The monoisotopic (exact) mass is 783 g/mol. The van der Waals surface area contributed by atoms with Gasteiger partial charge in [0.1, 0.15) is 24.2 Å². The van der Waals surface area contributed by atoms with E-state index in [0.717, 1.165) is 41.9 Å². The molecule has 2 saturated carbocycles. The van der Waals surface area contributed by atoms with Crippen LogP contribution in [0.5, 0.6) is 0 Å². The van der Waals surface area contributed by atoms with Crippen molar-refractivity contribution in [2.45, 2.75) is 65.8 Å². The van der Waals surface area contributed by atoms with Crippen molar-refractivity contribution in [2.75, 3.05) is 32.8 Å². The number of esters is 1. The maximum absolute atomic E-state index is 12.7. The normalized spacial score (nSPS) is 19.3. The Morgan fingerprint density at radius 1 is 0.833 bits per heavy atom. The molecule has 0 radical (unpaired) electrons. The van der Waals surface area contributed by atoms with Gasteiger partial charge in [0.05, 0.1) is 16.0 Å². The number of rotatable bonds is 17.